The highest BCUT2D eigenvalue weighted by atomic mass is 32.2. The number of hydrogen-bond donors (Lipinski definition) is 1. The zero-order valence-electron chi connectivity index (χ0n) is 16.9. The average Bonchev–Trinajstić information content (AvgIpc) is 2.76. The van der Waals surface area contributed by atoms with Gasteiger partial charge in [0, 0.05) is 29.1 Å². The number of carbonyl (C=O) groups excluding carboxylic acids is 1. The summed E-state index contributed by atoms with van der Waals surface area (Å²) in [5, 5.41) is 3.23. The van der Waals surface area contributed by atoms with E-state index in [2.05, 4.69) is 20.3 Å². The van der Waals surface area contributed by atoms with E-state index < -0.39 is 0 Å². The van der Waals surface area contributed by atoms with Crippen LogP contribution in [0.15, 0.2) is 71.8 Å². The molecule has 0 amide bonds. The maximum Gasteiger partial charge on any atom is 0.180 e. The first-order valence-corrected chi connectivity index (χ1v) is 10.9. The summed E-state index contributed by atoms with van der Waals surface area (Å²) in [5.74, 6) is 0.796. The summed E-state index contributed by atoms with van der Waals surface area (Å²) in [6.45, 7) is 1.91. The second-order valence-corrected chi connectivity index (χ2v) is 7.94. The van der Waals surface area contributed by atoms with Crippen LogP contribution in [0.3, 0.4) is 0 Å². The van der Waals surface area contributed by atoms with Crippen molar-refractivity contribution >= 4 is 40.2 Å². The van der Waals surface area contributed by atoms with Crippen LogP contribution in [0.1, 0.15) is 16.8 Å². The lowest BCUT2D eigenvalue weighted by molar-refractivity contribution is -0.117. The quantitative estimate of drug-likeness (QED) is 0.422. The molecule has 2 aromatic heterocycles. The Morgan fingerprint density at radius 1 is 1.00 bits per heavy atom. The van der Waals surface area contributed by atoms with Gasteiger partial charge in [0.1, 0.15) is 11.3 Å². The number of ketones is 1. The molecule has 0 fully saturated rings. The topological polar surface area (TPSA) is 67.8 Å². The molecule has 150 valence electrons. The summed E-state index contributed by atoms with van der Waals surface area (Å²) in [4.78, 5) is 27.4. The van der Waals surface area contributed by atoms with E-state index in [1.807, 2.05) is 73.8 Å². The Bertz CT molecular complexity index is 1180. The number of pyridine rings is 1. The molecule has 0 unspecified atom stereocenters. The SMILES string of the molecule is CSc1ccc(CC(=O)Cc2cc3ncc(Nc4ccccc4)nc3nc2C)cc1. The van der Waals surface area contributed by atoms with Crippen LogP contribution in [0.5, 0.6) is 0 Å². The minimum absolute atomic E-state index is 0.159. The number of thioether (sulfide) groups is 1. The van der Waals surface area contributed by atoms with Crippen molar-refractivity contribution in [3.63, 3.8) is 0 Å². The Hall–Kier alpha value is -3.25. The Kier molecular flexibility index (Phi) is 6.05. The number of nitrogens with one attached hydrogen (secondary N) is 1. The first-order chi connectivity index (χ1) is 14.6. The summed E-state index contributed by atoms with van der Waals surface area (Å²) in [7, 11) is 0. The van der Waals surface area contributed by atoms with Gasteiger partial charge in [0.05, 0.1) is 6.20 Å². The number of hydrogen-bond acceptors (Lipinski definition) is 6. The standard InChI is InChI=1S/C24H22N4OS/c1-16-18(13-20(29)12-17-8-10-21(30-2)11-9-17)14-22-24(26-16)28-23(15-25-22)27-19-6-4-3-5-7-19/h3-11,14-15H,12-13H2,1-2H3,(H,26,27,28). The molecule has 0 atom stereocenters. The van der Waals surface area contributed by atoms with Crippen LogP contribution < -0.4 is 5.32 Å². The molecule has 0 saturated carbocycles. The Balaban J connectivity index is 1.49. The van der Waals surface area contributed by atoms with Crippen LogP contribution in [0, 0.1) is 6.92 Å². The average molecular weight is 415 g/mol. The molecule has 5 nitrogen and oxygen atoms in total. The molecule has 6 heteroatoms. The highest BCUT2D eigenvalue weighted by Crippen LogP contribution is 2.19. The predicted molar refractivity (Wildman–Crippen MR) is 122 cm³/mol. The van der Waals surface area contributed by atoms with Crippen LogP contribution in [0.2, 0.25) is 0 Å². The molecule has 0 aliphatic rings. The third kappa shape index (κ3) is 4.83. The molecule has 1 N–H and O–H groups in total. The third-order valence-electron chi connectivity index (χ3n) is 4.82. The van der Waals surface area contributed by atoms with Crippen LogP contribution in [-0.4, -0.2) is 27.0 Å². The Morgan fingerprint density at radius 2 is 1.77 bits per heavy atom. The maximum absolute atomic E-state index is 12.6. The van der Waals surface area contributed by atoms with Crippen molar-refractivity contribution < 1.29 is 4.79 Å². The van der Waals surface area contributed by atoms with E-state index in [1.165, 1.54) is 4.90 Å². The fourth-order valence-electron chi connectivity index (χ4n) is 3.23. The van der Waals surface area contributed by atoms with Gasteiger partial charge in [-0.3, -0.25) is 4.79 Å². The molecule has 0 bridgehead atoms. The molecule has 0 spiro atoms. The lowest BCUT2D eigenvalue weighted by Crippen LogP contribution is -2.09. The summed E-state index contributed by atoms with van der Waals surface area (Å²) >= 11 is 1.69. The van der Waals surface area contributed by atoms with Gasteiger partial charge in [-0.05, 0) is 54.6 Å². The van der Waals surface area contributed by atoms with Crippen molar-refractivity contribution in [2.75, 3.05) is 11.6 Å². The first-order valence-electron chi connectivity index (χ1n) is 9.71. The molecule has 0 saturated heterocycles. The van der Waals surface area contributed by atoms with E-state index in [-0.39, 0.29) is 5.78 Å². The summed E-state index contributed by atoms with van der Waals surface area (Å²) in [6, 6.07) is 19.9. The fourth-order valence-corrected chi connectivity index (χ4v) is 3.64. The monoisotopic (exact) mass is 414 g/mol. The van der Waals surface area contributed by atoms with Crippen LogP contribution in [0.25, 0.3) is 11.2 Å². The molecule has 2 heterocycles. The summed E-state index contributed by atoms with van der Waals surface area (Å²) in [6.07, 6.45) is 4.48. The zero-order valence-corrected chi connectivity index (χ0v) is 17.7. The van der Waals surface area contributed by atoms with Gasteiger partial charge >= 0.3 is 0 Å². The second-order valence-electron chi connectivity index (χ2n) is 7.06. The number of aryl methyl sites for hydroxylation is 1. The lowest BCUT2D eigenvalue weighted by atomic mass is 10.0. The zero-order chi connectivity index (χ0) is 20.9. The van der Waals surface area contributed by atoms with Gasteiger partial charge in [-0.25, -0.2) is 15.0 Å². The number of nitrogens with zero attached hydrogens (tertiary/aromatic N) is 3. The van der Waals surface area contributed by atoms with Crippen molar-refractivity contribution in [2.24, 2.45) is 0 Å². The largest absolute Gasteiger partial charge is 0.339 e. The van der Waals surface area contributed by atoms with Gasteiger partial charge in [0.2, 0.25) is 0 Å². The van der Waals surface area contributed by atoms with Gasteiger partial charge in [-0.1, -0.05) is 30.3 Å². The number of carbonyl (C=O) groups is 1. The number of para-hydroxylation sites is 1. The molecule has 0 radical (unpaired) electrons. The summed E-state index contributed by atoms with van der Waals surface area (Å²) < 4.78 is 0. The minimum atomic E-state index is 0.159. The molecule has 30 heavy (non-hydrogen) atoms. The number of rotatable bonds is 7. The predicted octanol–water partition coefficient (Wildman–Crippen LogP) is 5.15. The van der Waals surface area contributed by atoms with Crippen molar-refractivity contribution in [1.82, 2.24) is 15.0 Å². The lowest BCUT2D eigenvalue weighted by Gasteiger charge is -2.09. The number of aromatic nitrogens is 3. The van der Waals surface area contributed by atoms with Crippen LogP contribution in [-0.2, 0) is 17.6 Å². The van der Waals surface area contributed by atoms with E-state index in [0.717, 1.165) is 22.5 Å². The molecular formula is C24H22N4OS. The minimum Gasteiger partial charge on any atom is -0.339 e. The van der Waals surface area contributed by atoms with Gasteiger partial charge < -0.3 is 5.32 Å². The summed E-state index contributed by atoms with van der Waals surface area (Å²) in [5.41, 5.74) is 4.92. The highest BCUT2D eigenvalue weighted by Gasteiger charge is 2.11. The van der Waals surface area contributed by atoms with Crippen molar-refractivity contribution in [2.45, 2.75) is 24.7 Å². The third-order valence-corrected chi connectivity index (χ3v) is 5.57. The number of benzene rings is 2. The fraction of sp³-hybridized carbons (Fsp3) is 0.167. The molecule has 4 rings (SSSR count). The maximum atomic E-state index is 12.6. The van der Waals surface area contributed by atoms with Crippen molar-refractivity contribution in [3.8, 4) is 0 Å². The molecular weight excluding hydrogens is 392 g/mol. The van der Waals surface area contributed by atoms with Gasteiger partial charge in [-0.2, -0.15) is 0 Å². The molecule has 0 aliphatic carbocycles. The van der Waals surface area contributed by atoms with Crippen LogP contribution in [0.4, 0.5) is 11.5 Å². The Morgan fingerprint density at radius 3 is 2.50 bits per heavy atom. The second kappa shape index (κ2) is 9.05. The number of fused-ring (bicyclic) bond motifs is 1. The highest BCUT2D eigenvalue weighted by molar-refractivity contribution is 7.98. The van der Waals surface area contributed by atoms with E-state index in [1.54, 1.807) is 18.0 Å². The smallest absolute Gasteiger partial charge is 0.180 e. The first kappa shape index (κ1) is 20.0. The normalized spacial score (nSPS) is 10.9. The van der Waals surface area contributed by atoms with Crippen molar-refractivity contribution in [3.05, 3.63) is 83.7 Å². The van der Waals surface area contributed by atoms with E-state index in [9.17, 15) is 4.79 Å². The van der Waals surface area contributed by atoms with E-state index in [4.69, 9.17) is 0 Å². The van der Waals surface area contributed by atoms with Gasteiger partial charge in [0.15, 0.2) is 11.5 Å². The molecule has 0 aliphatic heterocycles. The number of Topliss-reactive ketones (excluding diaryl/α,β-unsaturated/α-hetero) is 1. The van der Waals surface area contributed by atoms with Gasteiger partial charge in [-0.15, -0.1) is 11.8 Å². The van der Waals surface area contributed by atoms with Gasteiger partial charge in [0.25, 0.3) is 0 Å². The Labute approximate surface area is 180 Å². The molecule has 4 aromatic rings. The van der Waals surface area contributed by atoms with E-state index >= 15 is 0 Å². The van der Waals surface area contributed by atoms with E-state index in [0.29, 0.717) is 29.8 Å². The van der Waals surface area contributed by atoms with Crippen LogP contribution >= 0.6 is 11.8 Å². The molecule has 2 aromatic carbocycles. The number of anilines is 2. The van der Waals surface area contributed by atoms with Crippen molar-refractivity contribution in [1.29, 1.82) is 0 Å².